The summed E-state index contributed by atoms with van der Waals surface area (Å²) < 4.78 is 11.2. The molecule has 26 heavy (non-hydrogen) atoms. The van der Waals surface area contributed by atoms with Gasteiger partial charge in [-0.1, -0.05) is 30.3 Å². The van der Waals surface area contributed by atoms with Crippen molar-refractivity contribution in [2.75, 3.05) is 18.5 Å². The minimum absolute atomic E-state index is 0.560. The first kappa shape index (κ1) is 14.8. The van der Waals surface area contributed by atoms with E-state index in [9.17, 15) is 0 Å². The van der Waals surface area contributed by atoms with Crippen molar-refractivity contribution in [3.63, 3.8) is 0 Å². The summed E-state index contributed by atoms with van der Waals surface area (Å²) in [6, 6.07) is 16.0. The molecule has 2 aromatic carbocycles. The van der Waals surface area contributed by atoms with Crippen LogP contribution in [0.25, 0.3) is 22.2 Å². The summed E-state index contributed by atoms with van der Waals surface area (Å²) in [4.78, 5) is 12.0. The Balaban J connectivity index is 1.58. The van der Waals surface area contributed by atoms with E-state index in [4.69, 9.17) is 9.47 Å². The molecule has 1 aliphatic heterocycles. The van der Waals surface area contributed by atoms with Crippen molar-refractivity contribution < 1.29 is 9.47 Å². The van der Waals surface area contributed by atoms with Gasteiger partial charge in [0.1, 0.15) is 31.0 Å². The summed E-state index contributed by atoms with van der Waals surface area (Å²) >= 11 is 0. The molecule has 2 aromatic heterocycles. The Kier molecular flexibility index (Phi) is 3.45. The number of rotatable bonds is 3. The van der Waals surface area contributed by atoms with Crippen LogP contribution in [-0.2, 0) is 0 Å². The maximum atomic E-state index is 5.66. The van der Waals surface area contributed by atoms with Gasteiger partial charge in [-0.05, 0) is 17.7 Å². The summed E-state index contributed by atoms with van der Waals surface area (Å²) in [6.07, 6.45) is 3.51. The van der Waals surface area contributed by atoms with Crippen LogP contribution in [0.15, 0.2) is 61.1 Å². The first-order valence-electron chi connectivity index (χ1n) is 8.43. The molecule has 0 atom stereocenters. The van der Waals surface area contributed by atoms with Crippen LogP contribution in [0.2, 0.25) is 0 Å². The van der Waals surface area contributed by atoms with E-state index in [-0.39, 0.29) is 0 Å². The molecule has 5 rings (SSSR count). The van der Waals surface area contributed by atoms with Gasteiger partial charge in [-0.15, -0.1) is 0 Å². The number of hydrogen-bond acceptors (Lipinski definition) is 5. The number of H-pyrrole nitrogens is 1. The molecule has 128 valence electrons. The molecule has 0 radical (unpaired) electrons. The molecule has 1 aliphatic rings. The molecular formula is C20H16N4O2. The van der Waals surface area contributed by atoms with Crippen molar-refractivity contribution in [2.24, 2.45) is 0 Å². The van der Waals surface area contributed by atoms with E-state index in [2.05, 4.69) is 32.4 Å². The van der Waals surface area contributed by atoms with Crippen molar-refractivity contribution in [1.29, 1.82) is 0 Å². The Morgan fingerprint density at radius 2 is 1.77 bits per heavy atom. The number of nitrogens with one attached hydrogen (secondary N) is 2. The molecule has 0 bridgehead atoms. The van der Waals surface area contributed by atoms with Crippen molar-refractivity contribution in [3.8, 4) is 22.6 Å². The third-order valence-electron chi connectivity index (χ3n) is 4.36. The van der Waals surface area contributed by atoms with Crippen molar-refractivity contribution in [3.05, 3.63) is 61.1 Å². The molecule has 0 saturated heterocycles. The molecule has 2 N–H and O–H groups in total. The van der Waals surface area contributed by atoms with Gasteiger partial charge in [-0.3, -0.25) is 0 Å². The summed E-state index contributed by atoms with van der Waals surface area (Å²) in [5.41, 5.74) is 3.84. The maximum absolute atomic E-state index is 5.66. The number of aromatic nitrogens is 3. The largest absolute Gasteiger partial charge is 0.486 e. The summed E-state index contributed by atoms with van der Waals surface area (Å²) in [5.74, 6) is 2.25. The Morgan fingerprint density at radius 1 is 0.923 bits per heavy atom. The normalized spacial score (nSPS) is 12.9. The summed E-state index contributed by atoms with van der Waals surface area (Å²) in [7, 11) is 0. The second-order valence-corrected chi connectivity index (χ2v) is 6.00. The van der Waals surface area contributed by atoms with E-state index in [0.29, 0.717) is 13.2 Å². The van der Waals surface area contributed by atoms with Gasteiger partial charge in [0.2, 0.25) is 0 Å². The molecule has 0 amide bonds. The topological polar surface area (TPSA) is 72.1 Å². The molecule has 3 heterocycles. The van der Waals surface area contributed by atoms with Crippen LogP contribution in [0, 0.1) is 0 Å². The number of aromatic amines is 1. The zero-order valence-electron chi connectivity index (χ0n) is 13.9. The van der Waals surface area contributed by atoms with E-state index < -0.39 is 0 Å². The minimum Gasteiger partial charge on any atom is -0.486 e. The van der Waals surface area contributed by atoms with E-state index >= 15 is 0 Å². The quantitative estimate of drug-likeness (QED) is 0.584. The molecular weight excluding hydrogens is 328 g/mol. The van der Waals surface area contributed by atoms with E-state index in [1.54, 1.807) is 6.33 Å². The van der Waals surface area contributed by atoms with Crippen LogP contribution < -0.4 is 14.8 Å². The first-order valence-corrected chi connectivity index (χ1v) is 8.43. The van der Waals surface area contributed by atoms with Crippen LogP contribution in [0.5, 0.6) is 11.5 Å². The van der Waals surface area contributed by atoms with Gasteiger partial charge in [0.25, 0.3) is 0 Å². The summed E-state index contributed by atoms with van der Waals surface area (Å²) in [5, 5.41) is 4.34. The zero-order chi connectivity index (χ0) is 17.3. The van der Waals surface area contributed by atoms with Crippen LogP contribution in [-0.4, -0.2) is 28.2 Å². The smallest absolute Gasteiger partial charge is 0.163 e. The highest BCUT2D eigenvalue weighted by Crippen LogP contribution is 2.36. The second kappa shape index (κ2) is 6.07. The van der Waals surface area contributed by atoms with Crippen molar-refractivity contribution in [2.45, 2.75) is 0 Å². The van der Waals surface area contributed by atoms with Crippen LogP contribution in [0.1, 0.15) is 0 Å². The average molecular weight is 344 g/mol. The Morgan fingerprint density at radius 3 is 2.65 bits per heavy atom. The number of fused-ring (bicyclic) bond motifs is 2. The number of benzene rings is 2. The minimum atomic E-state index is 0.560. The van der Waals surface area contributed by atoms with E-state index in [1.807, 2.05) is 42.6 Å². The number of ether oxygens (including phenoxy) is 2. The highest BCUT2D eigenvalue weighted by Gasteiger charge is 2.15. The molecule has 0 aliphatic carbocycles. The van der Waals surface area contributed by atoms with E-state index in [0.717, 1.165) is 45.2 Å². The number of hydrogen-bond donors (Lipinski definition) is 2. The highest BCUT2D eigenvalue weighted by molar-refractivity contribution is 6.01. The lowest BCUT2D eigenvalue weighted by Gasteiger charge is -2.19. The van der Waals surface area contributed by atoms with Gasteiger partial charge in [-0.2, -0.15) is 0 Å². The zero-order valence-corrected chi connectivity index (χ0v) is 13.9. The standard InChI is InChI=1S/C20H16N4O2/c1-2-4-13(5-3-1)15-11-21-19-18(15)20(23-12-22-19)24-14-6-7-16-17(10-14)26-9-8-25-16/h1-7,10-12H,8-9H2,(H2,21,22,23,24). The molecule has 0 saturated carbocycles. The van der Waals surface area contributed by atoms with Gasteiger partial charge >= 0.3 is 0 Å². The van der Waals surface area contributed by atoms with E-state index in [1.165, 1.54) is 0 Å². The Labute approximate surface area is 149 Å². The molecule has 6 heteroatoms. The monoisotopic (exact) mass is 344 g/mol. The van der Waals surface area contributed by atoms with Gasteiger partial charge in [0.05, 0.1) is 5.39 Å². The van der Waals surface area contributed by atoms with Crippen LogP contribution in [0.4, 0.5) is 11.5 Å². The SMILES string of the molecule is c1ccc(-c2c[nH]c3ncnc(Nc4ccc5c(c4)OCCO5)c23)cc1. The van der Waals surface area contributed by atoms with Crippen LogP contribution >= 0.6 is 0 Å². The fraction of sp³-hybridized carbons (Fsp3) is 0.100. The molecule has 0 fully saturated rings. The Bertz CT molecular complexity index is 1080. The van der Waals surface area contributed by atoms with Gasteiger partial charge in [-0.25, -0.2) is 9.97 Å². The van der Waals surface area contributed by atoms with Crippen LogP contribution in [0.3, 0.4) is 0 Å². The molecule has 0 unspecified atom stereocenters. The van der Waals surface area contributed by atoms with Gasteiger partial charge in [0.15, 0.2) is 11.5 Å². The number of nitrogens with zero attached hydrogens (tertiary/aromatic N) is 2. The average Bonchev–Trinajstić information content (AvgIpc) is 3.14. The summed E-state index contributed by atoms with van der Waals surface area (Å²) in [6.45, 7) is 1.14. The highest BCUT2D eigenvalue weighted by atomic mass is 16.6. The lowest BCUT2D eigenvalue weighted by molar-refractivity contribution is 0.171. The maximum Gasteiger partial charge on any atom is 0.163 e. The van der Waals surface area contributed by atoms with Gasteiger partial charge in [0, 0.05) is 23.5 Å². The fourth-order valence-electron chi connectivity index (χ4n) is 3.16. The fourth-order valence-corrected chi connectivity index (χ4v) is 3.16. The Hall–Kier alpha value is -3.54. The lowest BCUT2D eigenvalue weighted by atomic mass is 10.1. The van der Waals surface area contributed by atoms with Gasteiger partial charge < -0.3 is 19.8 Å². The third kappa shape index (κ3) is 2.52. The number of anilines is 2. The lowest BCUT2D eigenvalue weighted by Crippen LogP contribution is -2.15. The van der Waals surface area contributed by atoms with Crippen molar-refractivity contribution in [1.82, 2.24) is 15.0 Å². The molecule has 4 aromatic rings. The third-order valence-corrected chi connectivity index (χ3v) is 4.36. The molecule has 0 spiro atoms. The second-order valence-electron chi connectivity index (χ2n) is 6.00. The predicted octanol–water partition coefficient (Wildman–Crippen LogP) is 4.14. The predicted molar refractivity (Wildman–Crippen MR) is 100 cm³/mol. The van der Waals surface area contributed by atoms with Crippen molar-refractivity contribution >= 4 is 22.5 Å². The molecule has 6 nitrogen and oxygen atoms in total. The first-order chi connectivity index (χ1) is 12.9.